The van der Waals surface area contributed by atoms with E-state index in [-0.39, 0.29) is 19.8 Å². The summed E-state index contributed by atoms with van der Waals surface area (Å²) in [6.07, 6.45) is -7.43. The van der Waals surface area contributed by atoms with Gasteiger partial charge in [0, 0.05) is 0 Å². The molecular formula is C19H16F6O2. The minimum absolute atomic E-state index is 0.0396. The molecule has 0 aliphatic carbocycles. The number of alkyl halides is 6. The number of rotatable bonds is 6. The zero-order valence-corrected chi connectivity index (χ0v) is 13.9. The van der Waals surface area contributed by atoms with Crippen LogP contribution in [0.5, 0.6) is 0 Å². The molecule has 2 aromatic carbocycles. The predicted molar refractivity (Wildman–Crippen MR) is 87.9 cm³/mol. The van der Waals surface area contributed by atoms with Crippen LogP contribution in [-0.4, -0.2) is 24.9 Å². The van der Waals surface area contributed by atoms with E-state index in [1.807, 2.05) is 0 Å². The van der Waals surface area contributed by atoms with Crippen molar-refractivity contribution in [3.05, 3.63) is 76.9 Å². The van der Waals surface area contributed by atoms with Crippen LogP contribution in [0.2, 0.25) is 0 Å². The van der Waals surface area contributed by atoms with Crippen LogP contribution in [0.1, 0.15) is 22.3 Å². The third kappa shape index (κ3) is 5.83. The Bertz CT molecular complexity index is 699. The molecule has 8 heteroatoms. The van der Waals surface area contributed by atoms with Crippen LogP contribution in [0.15, 0.2) is 54.6 Å². The molecule has 0 radical (unpaired) electrons. The molecule has 2 rings (SSSR count). The van der Waals surface area contributed by atoms with Crippen molar-refractivity contribution in [2.24, 2.45) is 0 Å². The van der Waals surface area contributed by atoms with Crippen LogP contribution in [-0.2, 0) is 17.1 Å². The summed E-state index contributed by atoms with van der Waals surface area (Å²) in [4.78, 5) is 0. The first-order valence-electron chi connectivity index (χ1n) is 7.87. The average Bonchev–Trinajstić information content (AvgIpc) is 2.61. The lowest BCUT2D eigenvalue weighted by Gasteiger charge is -2.13. The zero-order chi connectivity index (χ0) is 20.1. The molecule has 27 heavy (non-hydrogen) atoms. The van der Waals surface area contributed by atoms with E-state index in [9.17, 15) is 26.3 Å². The molecule has 0 saturated carbocycles. The summed E-state index contributed by atoms with van der Waals surface area (Å²) in [5.41, 5.74) is -0.426. The summed E-state index contributed by atoms with van der Waals surface area (Å²) in [6, 6.07) is 8.61. The molecule has 0 fully saturated rings. The van der Waals surface area contributed by atoms with E-state index in [1.165, 1.54) is 24.3 Å². The highest BCUT2D eigenvalue weighted by molar-refractivity contribution is 5.80. The number of hydrogen-bond acceptors (Lipinski definition) is 2. The quantitative estimate of drug-likeness (QED) is 0.545. The van der Waals surface area contributed by atoms with Gasteiger partial charge in [-0.2, -0.15) is 26.3 Å². The number of halogens is 6. The van der Waals surface area contributed by atoms with Gasteiger partial charge in [0.05, 0.1) is 30.9 Å². The van der Waals surface area contributed by atoms with Gasteiger partial charge in [0.15, 0.2) is 0 Å². The molecule has 1 N–H and O–H groups in total. The maximum atomic E-state index is 12.7. The minimum Gasteiger partial charge on any atom is -0.394 e. The number of hydrogen-bond donors (Lipinski definition) is 1. The molecule has 0 aliphatic rings. The molecule has 146 valence electrons. The van der Waals surface area contributed by atoms with E-state index in [2.05, 4.69) is 0 Å². The highest BCUT2D eigenvalue weighted by atomic mass is 19.4. The van der Waals surface area contributed by atoms with Crippen LogP contribution in [0.25, 0.3) is 5.57 Å². The fourth-order valence-electron chi connectivity index (χ4n) is 2.37. The number of ether oxygens (including phenoxy) is 1. The third-order valence-corrected chi connectivity index (χ3v) is 3.69. The van der Waals surface area contributed by atoms with Crippen molar-refractivity contribution in [2.45, 2.75) is 12.4 Å². The molecule has 0 saturated heterocycles. The molecule has 0 unspecified atom stereocenters. The minimum atomic E-state index is -4.49. The Balaban J connectivity index is 2.37. The van der Waals surface area contributed by atoms with Gasteiger partial charge in [-0.1, -0.05) is 30.3 Å². The fourth-order valence-corrected chi connectivity index (χ4v) is 2.37. The molecule has 0 amide bonds. The summed E-state index contributed by atoms with van der Waals surface area (Å²) in [6.45, 7) is -0.106. The van der Waals surface area contributed by atoms with Gasteiger partial charge in [-0.15, -0.1) is 0 Å². The maximum absolute atomic E-state index is 12.7. The summed E-state index contributed by atoms with van der Waals surface area (Å²) >= 11 is 0. The maximum Gasteiger partial charge on any atom is 0.416 e. The average molecular weight is 390 g/mol. The van der Waals surface area contributed by atoms with Crippen molar-refractivity contribution in [3.63, 3.8) is 0 Å². The van der Waals surface area contributed by atoms with Crippen LogP contribution >= 0.6 is 0 Å². The standard InChI is InChI=1S/C19H16F6O2/c20-18(21,22)15-5-1-13(2-6-15)17(9-11-27-12-10-26)14-3-7-16(8-4-14)19(23,24)25/h1-9,26H,10-12H2. The number of aliphatic hydroxyl groups is 1. The molecule has 0 aliphatic heterocycles. The Hall–Kier alpha value is -2.32. The predicted octanol–water partition coefficient (Wildman–Crippen LogP) is 5.16. The summed E-state index contributed by atoms with van der Waals surface area (Å²) < 4.78 is 81.5. The number of benzene rings is 2. The second-order valence-electron chi connectivity index (χ2n) is 5.57. The highest BCUT2D eigenvalue weighted by Gasteiger charge is 2.31. The van der Waals surface area contributed by atoms with Crippen molar-refractivity contribution in [3.8, 4) is 0 Å². The van der Waals surface area contributed by atoms with Gasteiger partial charge < -0.3 is 9.84 Å². The number of aliphatic hydroxyl groups excluding tert-OH is 1. The Morgan fingerprint density at radius 3 is 1.52 bits per heavy atom. The molecule has 0 heterocycles. The first-order valence-corrected chi connectivity index (χ1v) is 7.87. The van der Waals surface area contributed by atoms with E-state index in [1.54, 1.807) is 6.08 Å². The monoisotopic (exact) mass is 390 g/mol. The van der Waals surface area contributed by atoms with Crippen LogP contribution in [0.4, 0.5) is 26.3 Å². The molecule has 0 bridgehead atoms. The molecule has 2 aromatic rings. The molecular weight excluding hydrogens is 374 g/mol. The third-order valence-electron chi connectivity index (χ3n) is 3.69. The second kappa shape index (κ2) is 8.58. The van der Waals surface area contributed by atoms with E-state index in [0.29, 0.717) is 16.7 Å². The lowest BCUT2D eigenvalue weighted by Crippen LogP contribution is -2.05. The van der Waals surface area contributed by atoms with E-state index in [4.69, 9.17) is 9.84 Å². The Morgan fingerprint density at radius 2 is 1.19 bits per heavy atom. The van der Waals surface area contributed by atoms with E-state index in [0.717, 1.165) is 24.3 Å². The second-order valence-corrected chi connectivity index (χ2v) is 5.57. The summed E-state index contributed by atoms with van der Waals surface area (Å²) in [5.74, 6) is 0. The largest absolute Gasteiger partial charge is 0.416 e. The smallest absolute Gasteiger partial charge is 0.394 e. The SMILES string of the molecule is OCCOCC=C(c1ccc(C(F)(F)F)cc1)c1ccc(C(F)(F)F)cc1. The van der Waals surface area contributed by atoms with Gasteiger partial charge in [-0.25, -0.2) is 0 Å². The highest BCUT2D eigenvalue weighted by Crippen LogP contribution is 2.33. The molecule has 0 aromatic heterocycles. The lowest BCUT2D eigenvalue weighted by molar-refractivity contribution is -0.138. The zero-order valence-electron chi connectivity index (χ0n) is 13.9. The molecule has 0 atom stereocenters. The topological polar surface area (TPSA) is 29.5 Å². The summed E-state index contributed by atoms with van der Waals surface area (Å²) in [5, 5.41) is 8.72. The van der Waals surface area contributed by atoms with Gasteiger partial charge in [-0.3, -0.25) is 0 Å². The van der Waals surface area contributed by atoms with Crippen molar-refractivity contribution < 1.29 is 36.2 Å². The fraction of sp³-hybridized carbons (Fsp3) is 0.263. The molecule has 0 spiro atoms. The Labute approximate surface area is 151 Å². The van der Waals surface area contributed by atoms with Gasteiger partial charge in [0.2, 0.25) is 0 Å². The van der Waals surface area contributed by atoms with Crippen molar-refractivity contribution in [2.75, 3.05) is 19.8 Å². The molecule has 2 nitrogen and oxygen atoms in total. The van der Waals surface area contributed by atoms with Crippen molar-refractivity contribution in [1.82, 2.24) is 0 Å². The van der Waals surface area contributed by atoms with Crippen LogP contribution in [0, 0.1) is 0 Å². The first kappa shape index (κ1) is 21.0. The summed E-state index contributed by atoms with van der Waals surface area (Å²) in [7, 11) is 0. The van der Waals surface area contributed by atoms with Crippen LogP contribution < -0.4 is 0 Å². The van der Waals surface area contributed by atoms with Gasteiger partial charge in [-0.05, 0) is 41.0 Å². The first-order chi connectivity index (χ1) is 12.6. The van der Waals surface area contributed by atoms with Gasteiger partial charge in [0.25, 0.3) is 0 Å². The van der Waals surface area contributed by atoms with Crippen molar-refractivity contribution in [1.29, 1.82) is 0 Å². The van der Waals surface area contributed by atoms with E-state index < -0.39 is 23.5 Å². The van der Waals surface area contributed by atoms with Gasteiger partial charge in [0.1, 0.15) is 0 Å². The normalized spacial score (nSPS) is 12.1. The van der Waals surface area contributed by atoms with Crippen LogP contribution in [0.3, 0.4) is 0 Å². The Morgan fingerprint density at radius 1 is 0.778 bits per heavy atom. The van der Waals surface area contributed by atoms with Gasteiger partial charge >= 0.3 is 12.4 Å². The Kier molecular flexibility index (Phi) is 6.67. The van der Waals surface area contributed by atoms with Crippen molar-refractivity contribution >= 4 is 5.57 Å². The van der Waals surface area contributed by atoms with E-state index >= 15 is 0 Å². The lowest BCUT2D eigenvalue weighted by atomic mass is 9.95.